The van der Waals surface area contributed by atoms with Crippen molar-refractivity contribution in [3.8, 4) is 5.75 Å². The highest BCUT2D eigenvalue weighted by atomic mass is 127. The van der Waals surface area contributed by atoms with Crippen LogP contribution in [0.2, 0.25) is 0 Å². The van der Waals surface area contributed by atoms with E-state index in [-0.39, 0.29) is 59.5 Å². The third kappa shape index (κ3) is 5.70. The maximum Gasteiger partial charge on any atom is 0.233 e. The number of benzene rings is 1. The Morgan fingerprint density at radius 2 is 1.85 bits per heavy atom. The Hall–Kier alpha value is -2.10. The number of carbonyl (C=O) groups is 2. The molecule has 1 saturated heterocycles. The van der Waals surface area contributed by atoms with Crippen LogP contribution in [0, 0.1) is 23.7 Å². The zero-order chi connectivity index (χ0) is 22.5. The SMILES string of the molecule is CCCOc1cccc(CN=C(NCC)NCCCN2C(=O)C3C4C=CC(C4)C3C2=O)c1.I. The van der Waals surface area contributed by atoms with E-state index in [9.17, 15) is 9.59 Å². The maximum atomic E-state index is 12.8. The lowest BCUT2D eigenvalue weighted by Crippen LogP contribution is -2.40. The number of ether oxygens (including phenoxy) is 1. The van der Waals surface area contributed by atoms with Crippen molar-refractivity contribution in [1.29, 1.82) is 0 Å². The number of aliphatic imine (C=N–C) groups is 1. The Kier molecular flexibility index (Phi) is 9.17. The number of likely N-dealkylation sites (tertiary alicyclic amines) is 1. The topological polar surface area (TPSA) is 83.0 Å². The highest BCUT2D eigenvalue weighted by Gasteiger charge is 2.58. The minimum absolute atomic E-state index is 0. The van der Waals surface area contributed by atoms with Gasteiger partial charge in [-0.1, -0.05) is 31.2 Å². The van der Waals surface area contributed by atoms with Crippen LogP contribution >= 0.6 is 24.0 Å². The number of carbonyl (C=O) groups excluding carboxylic acids is 2. The van der Waals surface area contributed by atoms with Crippen molar-refractivity contribution in [1.82, 2.24) is 15.5 Å². The average Bonchev–Trinajstić information content (AvgIpc) is 3.48. The number of halogens is 1. The molecule has 2 amide bonds. The number of guanidine groups is 1. The van der Waals surface area contributed by atoms with E-state index in [1.807, 2.05) is 31.2 Å². The van der Waals surface area contributed by atoms with Crippen molar-refractivity contribution in [2.45, 2.75) is 39.7 Å². The largest absolute Gasteiger partial charge is 0.494 e. The molecule has 180 valence electrons. The van der Waals surface area contributed by atoms with Crippen molar-refractivity contribution >= 4 is 41.8 Å². The molecule has 4 atom stereocenters. The highest BCUT2D eigenvalue weighted by molar-refractivity contribution is 14.0. The Morgan fingerprint density at radius 3 is 2.52 bits per heavy atom. The lowest BCUT2D eigenvalue weighted by atomic mass is 9.85. The van der Waals surface area contributed by atoms with Gasteiger partial charge in [0.25, 0.3) is 0 Å². The number of hydrogen-bond donors (Lipinski definition) is 2. The fourth-order valence-electron chi connectivity index (χ4n) is 5.09. The third-order valence-electron chi connectivity index (χ3n) is 6.55. The second-order valence-corrected chi connectivity index (χ2v) is 8.80. The minimum Gasteiger partial charge on any atom is -0.494 e. The number of allylic oxidation sites excluding steroid dienone is 2. The number of rotatable bonds is 10. The fourth-order valence-corrected chi connectivity index (χ4v) is 5.09. The summed E-state index contributed by atoms with van der Waals surface area (Å²) in [4.78, 5) is 31.7. The van der Waals surface area contributed by atoms with Gasteiger partial charge < -0.3 is 15.4 Å². The van der Waals surface area contributed by atoms with Gasteiger partial charge in [-0.05, 0) is 55.7 Å². The monoisotopic (exact) mass is 566 g/mol. The Morgan fingerprint density at radius 1 is 1.12 bits per heavy atom. The number of amides is 2. The van der Waals surface area contributed by atoms with Crippen LogP contribution in [0.4, 0.5) is 0 Å². The molecule has 2 bridgehead atoms. The van der Waals surface area contributed by atoms with Gasteiger partial charge in [0.1, 0.15) is 5.75 Å². The number of fused-ring (bicyclic) bond motifs is 5. The fraction of sp³-hybridized carbons (Fsp3) is 0.560. The summed E-state index contributed by atoms with van der Waals surface area (Å²) in [7, 11) is 0. The molecule has 4 rings (SSSR count). The first kappa shape index (κ1) is 25.5. The van der Waals surface area contributed by atoms with Crippen LogP contribution in [0.15, 0.2) is 41.4 Å². The normalized spacial score (nSPS) is 25.3. The zero-order valence-electron chi connectivity index (χ0n) is 19.5. The van der Waals surface area contributed by atoms with Crippen LogP contribution in [0.1, 0.15) is 38.7 Å². The first-order chi connectivity index (χ1) is 15.6. The predicted octanol–water partition coefficient (Wildman–Crippen LogP) is 3.35. The zero-order valence-corrected chi connectivity index (χ0v) is 21.8. The molecule has 1 heterocycles. The molecule has 8 heteroatoms. The van der Waals surface area contributed by atoms with Gasteiger partial charge in [0.2, 0.25) is 11.8 Å². The summed E-state index contributed by atoms with van der Waals surface area (Å²) in [5.41, 5.74) is 1.08. The third-order valence-corrected chi connectivity index (χ3v) is 6.55. The Bertz CT molecular complexity index is 873. The summed E-state index contributed by atoms with van der Waals surface area (Å²) < 4.78 is 5.70. The smallest absolute Gasteiger partial charge is 0.233 e. The molecule has 2 fully saturated rings. The van der Waals surface area contributed by atoms with Gasteiger partial charge in [-0.2, -0.15) is 0 Å². The highest BCUT2D eigenvalue weighted by Crippen LogP contribution is 2.52. The molecule has 7 nitrogen and oxygen atoms in total. The molecule has 1 aromatic rings. The van der Waals surface area contributed by atoms with E-state index in [1.165, 1.54) is 4.90 Å². The summed E-state index contributed by atoms with van der Waals surface area (Å²) in [6, 6.07) is 8.00. The second kappa shape index (κ2) is 11.9. The molecular formula is C25H35IN4O3. The van der Waals surface area contributed by atoms with E-state index in [1.54, 1.807) is 0 Å². The van der Waals surface area contributed by atoms with Gasteiger partial charge in [-0.15, -0.1) is 24.0 Å². The van der Waals surface area contributed by atoms with Crippen LogP contribution in [-0.2, 0) is 16.1 Å². The van der Waals surface area contributed by atoms with Crippen LogP contribution in [0.25, 0.3) is 0 Å². The molecular weight excluding hydrogens is 531 g/mol. The molecule has 0 radical (unpaired) electrons. The number of nitrogens with zero attached hydrogens (tertiary/aromatic N) is 2. The van der Waals surface area contributed by atoms with E-state index in [0.717, 1.165) is 36.7 Å². The van der Waals surface area contributed by atoms with E-state index < -0.39 is 0 Å². The Labute approximate surface area is 213 Å². The van der Waals surface area contributed by atoms with Gasteiger partial charge in [-0.25, -0.2) is 4.99 Å². The van der Waals surface area contributed by atoms with Gasteiger partial charge in [0, 0.05) is 19.6 Å². The first-order valence-corrected chi connectivity index (χ1v) is 11.9. The van der Waals surface area contributed by atoms with E-state index in [2.05, 4.69) is 34.7 Å². The minimum atomic E-state index is -0.110. The summed E-state index contributed by atoms with van der Waals surface area (Å²) in [6.07, 6.45) is 6.91. The molecule has 1 saturated carbocycles. The van der Waals surface area contributed by atoms with Gasteiger partial charge in [-0.3, -0.25) is 14.5 Å². The van der Waals surface area contributed by atoms with Crippen molar-refractivity contribution in [3.05, 3.63) is 42.0 Å². The van der Waals surface area contributed by atoms with Gasteiger partial charge in [0.05, 0.1) is 25.0 Å². The number of nitrogens with one attached hydrogen (secondary N) is 2. The molecule has 0 aromatic heterocycles. The molecule has 2 N–H and O–H groups in total. The maximum absolute atomic E-state index is 12.8. The lowest BCUT2D eigenvalue weighted by Gasteiger charge is -2.18. The summed E-state index contributed by atoms with van der Waals surface area (Å²) in [5.74, 6) is 1.97. The molecule has 1 aliphatic heterocycles. The van der Waals surface area contributed by atoms with Crippen LogP contribution in [0.3, 0.4) is 0 Å². The quantitative estimate of drug-likeness (QED) is 0.113. The summed E-state index contributed by atoms with van der Waals surface area (Å²) >= 11 is 0. The average molecular weight is 566 g/mol. The predicted molar refractivity (Wildman–Crippen MR) is 140 cm³/mol. The molecule has 1 aromatic carbocycles. The van der Waals surface area contributed by atoms with Gasteiger partial charge in [0.15, 0.2) is 5.96 Å². The number of hydrogen-bond acceptors (Lipinski definition) is 4. The first-order valence-electron chi connectivity index (χ1n) is 11.9. The van der Waals surface area contributed by atoms with E-state index in [0.29, 0.717) is 32.7 Å². The van der Waals surface area contributed by atoms with Crippen LogP contribution in [0.5, 0.6) is 5.75 Å². The van der Waals surface area contributed by atoms with E-state index in [4.69, 9.17) is 4.74 Å². The van der Waals surface area contributed by atoms with E-state index >= 15 is 0 Å². The number of imide groups is 1. The molecule has 0 spiro atoms. The van der Waals surface area contributed by atoms with Crippen LogP contribution < -0.4 is 15.4 Å². The van der Waals surface area contributed by atoms with Gasteiger partial charge >= 0.3 is 0 Å². The second-order valence-electron chi connectivity index (χ2n) is 8.80. The molecule has 3 aliphatic rings. The van der Waals surface area contributed by atoms with Crippen LogP contribution in [-0.4, -0.2) is 48.9 Å². The summed E-state index contributed by atoms with van der Waals surface area (Å²) in [6.45, 7) is 7.23. The van der Waals surface area contributed by atoms with Crippen molar-refractivity contribution in [2.75, 3.05) is 26.2 Å². The van der Waals surface area contributed by atoms with Crippen molar-refractivity contribution in [2.24, 2.45) is 28.7 Å². The lowest BCUT2D eigenvalue weighted by molar-refractivity contribution is -0.140. The molecule has 33 heavy (non-hydrogen) atoms. The van der Waals surface area contributed by atoms with Crippen molar-refractivity contribution < 1.29 is 14.3 Å². The molecule has 2 aliphatic carbocycles. The standard InChI is InChI=1S/C25H34N4O3.HI/c1-3-13-32-20-8-5-7-17(14-20)16-28-25(26-4-2)27-11-6-12-29-23(30)21-18-9-10-19(15-18)22(21)24(29)31;/h5,7-10,14,18-19,21-22H,3-4,6,11-13,15-16H2,1-2H3,(H2,26,27,28);1H. The summed E-state index contributed by atoms with van der Waals surface area (Å²) in [5, 5.41) is 6.57. The molecule has 4 unspecified atom stereocenters. The van der Waals surface area contributed by atoms with Crippen molar-refractivity contribution in [3.63, 3.8) is 0 Å². The Balaban J connectivity index is 0.00000306.